The Morgan fingerprint density at radius 3 is 2.28 bits per heavy atom. The van der Waals surface area contributed by atoms with Gasteiger partial charge in [-0.1, -0.05) is 18.2 Å². The van der Waals surface area contributed by atoms with Crippen molar-refractivity contribution in [3.05, 3.63) is 85.3 Å². The lowest BCUT2D eigenvalue weighted by Gasteiger charge is -2.19. The van der Waals surface area contributed by atoms with E-state index in [9.17, 15) is 22.9 Å². The molecule has 5 nitrogen and oxygen atoms in total. The van der Waals surface area contributed by atoms with Crippen molar-refractivity contribution in [2.45, 2.75) is 18.7 Å². The Hall–Kier alpha value is -2.00. The first kappa shape index (κ1) is 21.7. The Labute approximate surface area is 185 Å². The van der Waals surface area contributed by atoms with Crippen LogP contribution in [0.5, 0.6) is 5.75 Å². The van der Waals surface area contributed by atoms with Gasteiger partial charge in [0, 0.05) is 5.56 Å². The quantitative estimate of drug-likeness (QED) is 0.515. The molecule has 0 unspecified atom stereocenters. The summed E-state index contributed by atoms with van der Waals surface area (Å²) in [6, 6.07) is 9.46. The molecule has 0 spiro atoms. The molecule has 29 heavy (non-hydrogen) atoms. The zero-order valence-corrected chi connectivity index (χ0v) is 19.4. The number of hydrogen-bond acceptors (Lipinski definition) is 4. The van der Waals surface area contributed by atoms with Crippen molar-refractivity contribution in [3.8, 4) is 5.75 Å². The number of carbonyl (C=O) groups is 1. The smallest absolute Gasteiger partial charge is 0.295 e. The number of rotatable bonds is 3. The van der Waals surface area contributed by atoms with Gasteiger partial charge in [0.25, 0.3) is 10.1 Å². The predicted molar refractivity (Wildman–Crippen MR) is 119 cm³/mol. The van der Waals surface area contributed by atoms with Crippen LogP contribution in [0.15, 0.2) is 73.5 Å². The molecule has 0 saturated carbocycles. The number of halogens is 2. The molecule has 2 aromatic rings. The van der Waals surface area contributed by atoms with Crippen LogP contribution in [-0.2, 0) is 14.9 Å². The van der Waals surface area contributed by atoms with E-state index in [0.29, 0.717) is 36.8 Å². The summed E-state index contributed by atoms with van der Waals surface area (Å²) < 4.78 is 34.6. The molecule has 0 saturated heterocycles. The van der Waals surface area contributed by atoms with Crippen LogP contribution < -0.4 is 0 Å². The van der Waals surface area contributed by atoms with Gasteiger partial charge in [-0.15, -0.1) is 0 Å². The van der Waals surface area contributed by atoms with Crippen molar-refractivity contribution in [2.75, 3.05) is 0 Å². The van der Waals surface area contributed by atoms with E-state index >= 15 is 0 Å². The summed E-state index contributed by atoms with van der Waals surface area (Å²) >= 11 is 6.58. The van der Waals surface area contributed by atoms with Crippen molar-refractivity contribution in [3.63, 3.8) is 0 Å². The van der Waals surface area contributed by atoms with Gasteiger partial charge in [0.05, 0.1) is 8.96 Å². The normalized spacial score (nSPS) is 16.4. The summed E-state index contributed by atoms with van der Waals surface area (Å²) in [5, 5.41) is 10.1. The van der Waals surface area contributed by atoms with Crippen LogP contribution in [0.2, 0.25) is 0 Å². The van der Waals surface area contributed by atoms with E-state index in [-0.39, 0.29) is 22.0 Å². The van der Waals surface area contributed by atoms with E-state index in [1.54, 1.807) is 50.3 Å². The highest BCUT2D eigenvalue weighted by atomic mass is 79.9. The molecular weight excluding hydrogens is 524 g/mol. The molecule has 0 radical (unpaired) electrons. The molecule has 0 atom stereocenters. The second kappa shape index (κ2) is 8.02. The van der Waals surface area contributed by atoms with Gasteiger partial charge in [-0.25, -0.2) is 0 Å². The minimum atomic E-state index is -4.51. The fourth-order valence-electron chi connectivity index (χ4n) is 3.13. The molecule has 8 heteroatoms. The number of Topliss-reactive ketones (excluding diaryl/α,β-unsaturated/α-hetero) is 1. The zero-order valence-electron chi connectivity index (χ0n) is 15.4. The highest BCUT2D eigenvalue weighted by molar-refractivity contribution is 9.12. The molecule has 1 aliphatic rings. The fraction of sp³-hybridized carbons (Fsp3) is 0.0952. The Kier molecular flexibility index (Phi) is 6.01. The first-order valence-electron chi connectivity index (χ1n) is 8.41. The lowest BCUT2D eigenvalue weighted by molar-refractivity contribution is -0.111. The molecule has 1 aliphatic carbocycles. The Bertz CT molecular complexity index is 1190. The lowest BCUT2D eigenvalue weighted by Crippen LogP contribution is -2.08. The topological polar surface area (TPSA) is 91.7 Å². The number of hydrogen-bond donors (Lipinski definition) is 2. The average molecular weight is 540 g/mol. The predicted octanol–water partition coefficient (Wildman–Crippen LogP) is 5.32. The first-order chi connectivity index (χ1) is 13.5. The molecule has 2 aromatic carbocycles. The lowest BCUT2D eigenvalue weighted by atomic mass is 9.88. The number of phenolic OH excluding ortho intramolecular Hbond substituents is 1. The van der Waals surface area contributed by atoms with Gasteiger partial charge in [-0.3, -0.25) is 9.35 Å². The molecule has 0 heterocycles. The van der Waals surface area contributed by atoms with Crippen LogP contribution in [0.25, 0.3) is 5.57 Å². The van der Waals surface area contributed by atoms with Gasteiger partial charge in [-0.2, -0.15) is 8.42 Å². The summed E-state index contributed by atoms with van der Waals surface area (Å²) in [7, 11) is -4.51. The monoisotopic (exact) mass is 538 g/mol. The molecule has 0 amide bonds. The zero-order chi connectivity index (χ0) is 21.5. The van der Waals surface area contributed by atoms with E-state index in [1.807, 2.05) is 0 Å². The van der Waals surface area contributed by atoms with Crippen LogP contribution in [0.4, 0.5) is 0 Å². The van der Waals surface area contributed by atoms with Gasteiger partial charge in [0.2, 0.25) is 0 Å². The molecule has 0 bridgehead atoms. The van der Waals surface area contributed by atoms with E-state index in [0.717, 1.165) is 0 Å². The Morgan fingerprint density at radius 1 is 1.03 bits per heavy atom. The molecule has 3 rings (SSSR count). The largest absolute Gasteiger partial charge is 0.506 e. The maximum atomic E-state index is 12.2. The van der Waals surface area contributed by atoms with E-state index in [2.05, 4.69) is 31.9 Å². The molecule has 0 aliphatic heterocycles. The summed E-state index contributed by atoms with van der Waals surface area (Å²) in [5.41, 5.74) is 3.01. The van der Waals surface area contributed by atoms with Crippen molar-refractivity contribution >= 4 is 53.3 Å². The standard InChI is InChI=1S/C21H16Br2O5S/c1-11-7-13(9-16(22)20(11)24)19(14-8-12(2)21(25)17(23)10-14)15-5-3-4-6-18(15)29(26,27)28/h3-10,24H,1-2H3,(H,26,27,28)/b19-14+. The summed E-state index contributed by atoms with van der Waals surface area (Å²) in [4.78, 5) is 11.9. The summed E-state index contributed by atoms with van der Waals surface area (Å²) in [6.07, 6.45) is 3.28. The number of ketones is 1. The van der Waals surface area contributed by atoms with E-state index in [1.165, 1.54) is 12.1 Å². The van der Waals surface area contributed by atoms with E-state index in [4.69, 9.17) is 0 Å². The second-order valence-corrected chi connectivity index (χ2v) is 9.67. The van der Waals surface area contributed by atoms with Crippen LogP contribution in [0.1, 0.15) is 23.6 Å². The van der Waals surface area contributed by atoms with Crippen LogP contribution in [-0.4, -0.2) is 23.9 Å². The minimum absolute atomic E-state index is 0.0726. The number of benzene rings is 2. The van der Waals surface area contributed by atoms with Crippen LogP contribution >= 0.6 is 31.9 Å². The van der Waals surface area contributed by atoms with Crippen molar-refractivity contribution < 1.29 is 22.9 Å². The van der Waals surface area contributed by atoms with E-state index < -0.39 is 10.1 Å². The number of allylic oxidation sites excluding steroid dienone is 5. The van der Waals surface area contributed by atoms with Gasteiger partial charge in [-0.05, 0) is 104 Å². The summed E-state index contributed by atoms with van der Waals surface area (Å²) in [6.45, 7) is 3.39. The van der Waals surface area contributed by atoms with Crippen molar-refractivity contribution in [1.29, 1.82) is 0 Å². The highest BCUT2D eigenvalue weighted by Gasteiger charge is 2.24. The third kappa shape index (κ3) is 4.30. The van der Waals surface area contributed by atoms with Crippen molar-refractivity contribution in [2.24, 2.45) is 0 Å². The average Bonchev–Trinajstić information content (AvgIpc) is 2.64. The third-order valence-corrected chi connectivity index (χ3v) is 6.60. The maximum Gasteiger partial charge on any atom is 0.295 e. The second-order valence-electron chi connectivity index (χ2n) is 6.57. The van der Waals surface area contributed by atoms with Gasteiger partial charge >= 0.3 is 0 Å². The molecule has 0 aromatic heterocycles. The maximum absolute atomic E-state index is 12.2. The number of phenols is 1. The summed E-state index contributed by atoms with van der Waals surface area (Å²) in [5.74, 6) is -0.0948. The SMILES string of the molecule is CC1=C/C(=C(/c2cc(C)c(O)c(Br)c2)c2ccccc2S(=O)(=O)O)C=C(Br)C1=O. The number of carbonyl (C=O) groups excluding carboxylic acids is 1. The number of aromatic hydroxyl groups is 1. The molecular formula is C21H16Br2O5S. The number of aryl methyl sites for hydroxylation is 1. The minimum Gasteiger partial charge on any atom is -0.506 e. The van der Waals surface area contributed by atoms with Gasteiger partial charge in [0.1, 0.15) is 10.6 Å². The van der Waals surface area contributed by atoms with Gasteiger partial charge in [0.15, 0.2) is 5.78 Å². The highest BCUT2D eigenvalue weighted by Crippen LogP contribution is 2.39. The molecule has 0 fully saturated rings. The molecule has 150 valence electrons. The Morgan fingerprint density at radius 2 is 1.69 bits per heavy atom. The van der Waals surface area contributed by atoms with Crippen molar-refractivity contribution in [1.82, 2.24) is 0 Å². The van der Waals surface area contributed by atoms with Crippen LogP contribution in [0.3, 0.4) is 0 Å². The fourth-order valence-corrected chi connectivity index (χ4v) is 4.95. The van der Waals surface area contributed by atoms with Gasteiger partial charge < -0.3 is 5.11 Å². The Balaban J connectivity index is 2.47. The van der Waals surface area contributed by atoms with Crippen LogP contribution in [0, 0.1) is 6.92 Å². The molecule has 2 N–H and O–H groups in total. The first-order valence-corrected chi connectivity index (χ1v) is 11.4. The third-order valence-electron chi connectivity index (χ3n) is 4.49.